The van der Waals surface area contributed by atoms with Crippen LogP contribution in [-0.2, 0) is 6.42 Å². The highest BCUT2D eigenvalue weighted by Crippen LogP contribution is 2.34. The fourth-order valence-electron chi connectivity index (χ4n) is 2.61. The summed E-state index contributed by atoms with van der Waals surface area (Å²) >= 11 is 0. The number of amides is 1. The molecule has 0 saturated heterocycles. The van der Waals surface area contributed by atoms with Crippen LogP contribution in [0.1, 0.15) is 15.9 Å². The molecular weight excluding hydrogens is 337 g/mol. The summed E-state index contributed by atoms with van der Waals surface area (Å²) in [6.45, 7) is -1.41. The van der Waals surface area contributed by atoms with Crippen LogP contribution in [0.4, 0.5) is 18.9 Å². The number of fused-ring (bicyclic) bond motifs is 1. The molecule has 0 spiro atoms. The van der Waals surface area contributed by atoms with Crippen molar-refractivity contribution in [3.8, 4) is 11.5 Å². The minimum absolute atomic E-state index is 0.00675. The topological polar surface area (TPSA) is 73.6 Å². The summed E-state index contributed by atoms with van der Waals surface area (Å²) in [4.78, 5) is 11.5. The van der Waals surface area contributed by atoms with E-state index < -0.39 is 24.9 Å². The molecule has 2 aromatic rings. The molecule has 3 N–H and O–H groups in total. The molecule has 25 heavy (non-hydrogen) atoms. The molecule has 0 fully saturated rings. The standard InChI is InChI=1S/C17H15F3N2O3/c18-17(19,20)9-24-12-6-1-2-7-13(12)25-14-8-10-4-3-5-11(16(21)23)15(10)22-14/h1-7,14,22H,8-9H2,(H2,21,23). The first-order chi connectivity index (χ1) is 11.8. The summed E-state index contributed by atoms with van der Waals surface area (Å²) in [5.74, 6) is -0.399. The predicted octanol–water partition coefficient (Wildman–Crippen LogP) is 3.10. The van der Waals surface area contributed by atoms with E-state index in [-0.39, 0.29) is 11.5 Å². The normalized spacial score (nSPS) is 16.0. The third-order valence-electron chi connectivity index (χ3n) is 3.64. The highest BCUT2D eigenvalue weighted by molar-refractivity contribution is 5.99. The molecule has 1 aliphatic rings. The zero-order chi connectivity index (χ0) is 18.0. The molecule has 2 aromatic carbocycles. The van der Waals surface area contributed by atoms with Crippen LogP contribution in [0, 0.1) is 0 Å². The van der Waals surface area contributed by atoms with Gasteiger partial charge in [0.2, 0.25) is 0 Å². The van der Waals surface area contributed by atoms with Crippen molar-refractivity contribution in [3.05, 3.63) is 53.6 Å². The number of hydrogen-bond acceptors (Lipinski definition) is 4. The molecule has 0 aliphatic carbocycles. The van der Waals surface area contributed by atoms with E-state index in [1.807, 2.05) is 6.07 Å². The number of carbonyl (C=O) groups is 1. The van der Waals surface area contributed by atoms with Crippen molar-refractivity contribution in [2.75, 3.05) is 11.9 Å². The fourth-order valence-corrected chi connectivity index (χ4v) is 2.61. The third-order valence-corrected chi connectivity index (χ3v) is 3.64. The van der Waals surface area contributed by atoms with Gasteiger partial charge in [-0.05, 0) is 23.8 Å². The van der Waals surface area contributed by atoms with Gasteiger partial charge in [-0.1, -0.05) is 24.3 Å². The molecule has 0 radical (unpaired) electrons. The zero-order valence-corrected chi connectivity index (χ0v) is 13.0. The molecule has 3 rings (SSSR count). The summed E-state index contributed by atoms with van der Waals surface area (Å²) in [5, 5.41) is 3.03. The lowest BCUT2D eigenvalue weighted by molar-refractivity contribution is -0.153. The number of anilines is 1. The second kappa shape index (κ2) is 6.54. The number of nitrogens with two attached hydrogens (primary N) is 1. The van der Waals surface area contributed by atoms with Crippen molar-refractivity contribution >= 4 is 11.6 Å². The smallest absolute Gasteiger partial charge is 0.422 e. The van der Waals surface area contributed by atoms with Crippen LogP contribution in [0.3, 0.4) is 0 Å². The predicted molar refractivity (Wildman–Crippen MR) is 84.7 cm³/mol. The molecule has 0 bridgehead atoms. The van der Waals surface area contributed by atoms with Gasteiger partial charge < -0.3 is 20.5 Å². The largest absolute Gasteiger partial charge is 0.480 e. The molecule has 1 heterocycles. The highest BCUT2D eigenvalue weighted by atomic mass is 19.4. The summed E-state index contributed by atoms with van der Waals surface area (Å²) < 4.78 is 47.6. The third kappa shape index (κ3) is 3.96. The molecular formula is C17H15F3N2O3. The number of primary amides is 1. The summed E-state index contributed by atoms with van der Waals surface area (Å²) in [5.41, 5.74) is 7.10. The van der Waals surface area contributed by atoms with E-state index in [1.165, 1.54) is 12.1 Å². The Balaban J connectivity index is 1.74. The van der Waals surface area contributed by atoms with Crippen LogP contribution in [0.5, 0.6) is 11.5 Å². The van der Waals surface area contributed by atoms with Crippen LogP contribution < -0.4 is 20.5 Å². The van der Waals surface area contributed by atoms with Crippen LogP contribution in [0.15, 0.2) is 42.5 Å². The monoisotopic (exact) mass is 352 g/mol. The van der Waals surface area contributed by atoms with Gasteiger partial charge in [0.25, 0.3) is 5.91 Å². The number of ether oxygens (including phenoxy) is 2. The molecule has 1 amide bonds. The van der Waals surface area contributed by atoms with Crippen molar-refractivity contribution in [2.24, 2.45) is 5.73 Å². The molecule has 0 saturated carbocycles. The molecule has 0 aromatic heterocycles. The van der Waals surface area contributed by atoms with E-state index in [0.29, 0.717) is 17.7 Å². The Bertz CT molecular complexity index is 793. The van der Waals surface area contributed by atoms with Gasteiger partial charge in [0.15, 0.2) is 24.3 Å². The Hall–Kier alpha value is -2.90. The van der Waals surface area contributed by atoms with Crippen molar-refractivity contribution < 1.29 is 27.4 Å². The van der Waals surface area contributed by atoms with Gasteiger partial charge in [0, 0.05) is 6.42 Å². The molecule has 1 unspecified atom stereocenters. The lowest BCUT2D eigenvalue weighted by atomic mass is 10.1. The van der Waals surface area contributed by atoms with Crippen molar-refractivity contribution in [2.45, 2.75) is 18.8 Å². The highest BCUT2D eigenvalue weighted by Gasteiger charge is 2.30. The first-order valence-corrected chi connectivity index (χ1v) is 7.47. The number of rotatable bonds is 5. The Morgan fingerprint density at radius 1 is 1.16 bits per heavy atom. The summed E-state index contributed by atoms with van der Waals surface area (Å²) in [7, 11) is 0. The summed E-state index contributed by atoms with van der Waals surface area (Å²) in [6.07, 6.45) is -4.55. The molecule has 1 aliphatic heterocycles. The number of hydrogen-bond donors (Lipinski definition) is 2. The van der Waals surface area contributed by atoms with Gasteiger partial charge >= 0.3 is 6.18 Å². The molecule has 8 heteroatoms. The molecule has 5 nitrogen and oxygen atoms in total. The minimum Gasteiger partial charge on any atom is -0.480 e. The summed E-state index contributed by atoms with van der Waals surface area (Å²) in [6, 6.07) is 11.2. The van der Waals surface area contributed by atoms with Crippen LogP contribution in [-0.4, -0.2) is 24.9 Å². The number of nitrogens with one attached hydrogen (secondary N) is 1. The van der Waals surface area contributed by atoms with Crippen molar-refractivity contribution in [1.29, 1.82) is 0 Å². The second-order valence-electron chi connectivity index (χ2n) is 5.51. The molecule has 132 valence electrons. The van der Waals surface area contributed by atoms with Crippen LogP contribution in [0.2, 0.25) is 0 Å². The van der Waals surface area contributed by atoms with Crippen molar-refractivity contribution in [3.63, 3.8) is 0 Å². The Morgan fingerprint density at radius 2 is 1.88 bits per heavy atom. The number of carbonyl (C=O) groups excluding carboxylic acids is 1. The van der Waals surface area contributed by atoms with E-state index in [1.54, 1.807) is 24.3 Å². The number of halogens is 3. The first-order valence-electron chi connectivity index (χ1n) is 7.47. The first kappa shape index (κ1) is 16.9. The van der Waals surface area contributed by atoms with Gasteiger partial charge in [0.1, 0.15) is 0 Å². The Kier molecular flexibility index (Phi) is 4.43. The van der Waals surface area contributed by atoms with Crippen molar-refractivity contribution in [1.82, 2.24) is 0 Å². The van der Waals surface area contributed by atoms with Gasteiger partial charge in [-0.2, -0.15) is 13.2 Å². The Labute approximate surface area is 141 Å². The lowest BCUT2D eigenvalue weighted by Gasteiger charge is -2.18. The SMILES string of the molecule is NC(=O)c1cccc2c1NC(Oc1ccccc1OCC(F)(F)F)C2. The average molecular weight is 352 g/mol. The maximum Gasteiger partial charge on any atom is 0.422 e. The van der Waals surface area contributed by atoms with E-state index in [9.17, 15) is 18.0 Å². The van der Waals surface area contributed by atoms with Crippen LogP contribution in [0.25, 0.3) is 0 Å². The van der Waals surface area contributed by atoms with Gasteiger partial charge in [-0.3, -0.25) is 4.79 Å². The van der Waals surface area contributed by atoms with Gasteiger partial charge in [-0.25, -0.2) is 0 Å². The van der Waals surface area contributed by atoms with E-state index >= 15 is 0 Å². The maximum atomic E-state index is 12.4. The minimum atomic E-state index is -4.44. The number of benzene rings is 2. The average Bonchev–Trinajstić information content (AvgIpc) is 2.95. The number of alkyl halides is 3. The van der Waals surface area contributed by atoms with Crippen LogP contribution >= 0.6 is 0 Å². The van der Waals surface area contributed by atoms with E-state index in [0.717, 1.165) is 5.56 Å². The van der Waals surface area contributed by atoms with E-state index in [4.69, 9.17) is 15.2 Å². The van der Waals surface area contributed by atoms with E-state index in [2.05, 4.69) is 5.32 Å². The molecule has 1 atom stereocenters. The lowest BCUT2D eigenvalue weighted by Crippen LogP contribution is -2.25. The number of para-hydroxylation sites is 3. The van der Waals surface area contributed by atoms with Gasteiger partial charge in [-0.15, -0.1) is 0 Å². The second-order valence-corrected chi connectivity index (χ2v) is 5.51. The van der Waals surface area contributed by atoms with Gasteiger partial charge in [0.05, 0.1) is 11.3 Å². The Morgan fingerprint density at radius 3 is 2.56 bits per heavy atom. The fraction of sp³-hybridized carbons (Fsp3) is 0.235. The zero-order valence-electron chi connectivity index (χ0n) is 13.0. The maximum absolute atomic E-state index is 12.4. The quantitative estimate of drug-likeness (QED) is 0.867.